The number of nitrogens with two attached hydrogens (primary N) is 1. The molecule has 2 aliphatic rings. The van der Waals surface area contributed by atoms with E-state index < -0.39 is 35.5 Å². The second kappa shape index (κ2) is 5.56. The van der Waals surface area contributed by atoms with Crippen LogP contribution in [0.5, 0.6) is 0 Å². The highest BCUT2D eigenvalue weighted by Gasteiger charge is 2.59. The van der Waals surface area contributed by atoms with Crippen molar-refractivity contribution in [2.75, 3.05) is 6.54 Å². The van der Waals surface area contributed by atoms with Gasteiger partial charge in [0.05, 0.1) is 12.6 Å². The van der Waals surface area contributed by atoms with Crippen LogP contribution in [0.2, 0.25) is 0 Å². The molecule has 0 bridgehead atoms. The number of aliphatic hydroxyl groups is 1. The number of nitrogens with zero attached hydrogens (tertiary/aromatic N) is 1. The number of amides is 4. The lowest BCUT2D eigenvalue weighted by Gasteiger charge is -2.45. The zero-order chi connectivity index (χ0) is 16.7. The summed E-state index contributed by atoms with van der Waals surface area (Å²) in [6.07, 6.45) is -0.467. The normalized spacial score (nSPS) is 29.5. The molecule has 2 rings (SSSR count). The van der Waals surface area contributed by atoms with Crippen molar-refractivity contribution in [3.05, 3.63) is 0 Å². The molecule has 122 valence electrons. The van der Waals surface area contributed by atoms with Gasteiger partial charge in [-0.3, -0.25) is 19.2 Å². The molecule has 9 heteroatoms. The summed E-state index contributed by atoms with van der Waals surface area (Å²) in [5.74, 6) is -2.14. The second-order valence-electron chi connectivity index (χ2n) is 5.79. The first-order valence-electron chi connectivity index (χ1n) is 7.06. The van der Waals surface area contributed by atoms with E-state index in [0.717, 1.165) is 0 Å². The summed E-state index contributed by atoms with van der Waals surface area (Å²) in [7, 11) is 0. The van der Waals surface area contributed by atoms with E-state index in [1.54, 1.807) is 0 Å². The van der Waals surface area contributed by atoms with Crippen molar-refractivity contribution in [1.29, 1.82) is 0 Å². The Morgan fingerprint density at radius 1 is 1.50 bits per heavy atom. The van der Waals surface area contributed by atoms with E-state index in [1.807, 2.05) is 0 Å². The number of hydrogen-bond donors (Lipinski definition) is 4. The van der Waals surface area contributed by atoms with E-state index in [0.29, 0.717) is 19.4 Å². The molecule has 2 fully saturated rings. The molecule has 2 aliphatic heterocycles. The van der Waals surface area contributed by atoms with E-state index in [-0.39, 0.29) is 11.8 Å². The Bertz CT molecular complexity index is 535. The number of β-lactam (4-membered cyclic amide) rings is 1. The number of nitrogens with one attached hydrogen (secondary N) is 2. The number of carbonyl (C=O) groups excluding carboxylic acids is 4. The van der Waals surface area contributed by atoms with E-state index in [9.17, 15) is 24.3 Å². The molecule has 9 nitrogen and oxygen atoms in total. The molecular weight excluding hydrogens is 292 g/mol. The van der Waals surface area contributed by atoms with E-state index in [2.05, 4.69) is 10.6 Å². The third kappa shape index (κ3) is 2.41. The molecule has 4 amide bonds. The van der Waals surface area contributed by atoms with Gasteiger partial charge in [0.1, 0.15) is 17.6 Å². The largest absolute Gasteiger partial charge is 0.391 e. The topological polar surface area (TPSA) is 142 Å². The van der Waals surface area contributed by atoms with Crippen LogP contribution in [0.15, 0.2) is 0 Å². The van der Waals surface area contributed by atoms with Gasteiger partial charge in [0, 0.05) is 6.92 Å². The highest BCUT2D eigenvalue weighted by molar-refractivity contribution is 6.00. The zero-order valence-corrected chi connectivity index (χ0v) is 12.5. The maximum atomic E-state index is 12.4. The molecule has 2 unspecified atom stereocenters. The summed E-state index contributed by atoms with van der Waals surface area (Å²) in [5, 5.41) is 14.4. The highest BCUT2D eigenvalue weighted by atomic mass is 16.3. The summed E-state index contributed by atoms with van der Waals surface area (Å²) in [5.41, 5.74) is 4.16. The molecule has 2 heterocycles. The van der Waals surface area contributed by atoms with Gasteiger partial charge in [-0.1, -0.05) is 0 Å². The van der Waals surface area contributed by atoms with Crippen LogP contribution in [0.3, 0.4) is 0 Å². The fourth-order valence-electron chi connectivity index (χ4n) is 3.13. The molecule has 0 aliphatic carbocycles. The fourth-order valence-corrected chi connectivity index (χ4v) is 3.13. The summed E-state index contributed by atoms with van der Waals surface area (Å²) in [4.78, 5) is 48.6. The Hall–Kier alpha value is -2.16. The van der Waals surface area contributed by atoms with E-state index in [4.69, 9.17) is 5.73 Å². The Labute approximate surface area is 127 Å². The van der Waals surface area contributed by atoms with Crippen molar-refractivity contribution in [1.82, 2.24) is 15.5 Å². The first-order chi connectivity index (χ1) is 10.2. The quantitative estimate of drug-likeness (QED) is 0.415. The van der Waals surface area contributed by atoms with Gasteiger partial charge >= 0.3 is 0 Å². The molecule has 0 radical (unpaired) electrons. The lowest BCUT2D eigenvalue weighted by Crippen LogP contribution is -2.73. The zero-order valence-electron chi connectivity index (χ0n) is 12.5. The minimum Gasteiger partial charge on any atom is -0.391 e. The molecule has 2 saturated heterocycles. The molecule has 22 heavy (non-hydrogen) atoms. The molecule has 0 aromatic carbocycles. The average Bonchev–Trinajstić information content (AvgIpc) is 2.84. The van der Waals surface area contributed by atoms with E-state index >= 15 is 0 Å². The first kappa shape index (κ1) is 16.2. The molecule has 0 saturated carbocycles. The Morgan fingerprint density at radius 3 is 2.50 bits per heavy atom. The van der Waals surface area contributed by atoms with Crippen LogP contribution < -0.4 is 16.4 Å². The lowest BCUT2D eigenvalue weighted by atomic mass is 9.88. The molecule has 0 aromatic rings. The average molecular weight is 312 g/mol. The third-order valence-corrected chi connectivity index (χ3v) is 4.30. The number of primary amides is 1. The van der Waals surface area contributed by atoms with Gasteiger partial charge in [-0.15, -0.1) is 0 Å². The van der Waals surface area contributed by atoms with Gasteiger partial charge in [0.15, 0.2) is 0 Å². The number of likely N-dealkylation sites (tertiary alicyclic amines) is 1. The highest BCUT2D eigenvalue weighted by Crippen LogP contribution is 2.38. The van der Waals surface area contributed by atoms with Crippen molar-refractivity contribution in [2.24, 2.45) is 5.73 Å². The van der Waals surface area contributed by atoms with Crippen LogP contribution >= 0.6 is 0 Å². The van der Waals surface area contributed by atoms with Gasteiger partial charge in [-0.2, -0.15) is 0 Å². The van der Waals surface area contributed by atoms with Gasteiger partial charge in [0.25, 0.3) is 0 Å². The Balaban J connectivity index is 2.17. The summed E-state index contributed by atoms with van der Waals surface area (Å²) in [6, 6.07) is -2.10. The molecule has 1 spiro atoms. The van der Waals surface area contributed by atoms with Crippen molar-refractivity contribution < 1.29 is 24.3 Å². The Kier molecular flexibility index (Phi) is 4.10. The van der Waals surface area contributed by atoms with Gasteiger partial charge < -0.3 is 26.4 Å². The predicted molar refractivity (Wildman–Crippen MR) is 74.1 cm³/mol. The monoisotopic (exact) mass is 312 g/mol. The van der Waals surface area contributed by atoms with Crippen LogP contribution in [0, 0.1) is 0 Å². The fraction of sp³-hybridized carbons (Fsp3) is 0.692. The third-order valence-electron chi connectivity index (χ3n) is 4.30. The SMILES string of the molecule is CC(=O)N1C(C(=O)N[C@H](C(N)=O)[C@@H](C)O)CCC12CNC2=O. The van der Waals surface area contributed by atoms with Gasteiger partial charge in [-0.25, -0.2) is 0 Å². The number of hydrogen-bond acceptors (Lipinski definition) is 5. The van der Waals surface area contributed by atoms with Crippen LogP contribution in [0.4, 0.5) is 0 Å². The van der Waals surface area contributed by atoms with E-state index in [1.165, 1.54) is 18.7 Å². The van der Waals surface area contributed by atoms with Crippen LogP contribution in [-0.4, -0.2) is 63.9 Å². The summed E-state index contributed by atoms with van der Waals surface area (Å²) >= 11 is 0. The summed E-state index contributed by atoms with van der Waals surface area (Å²) < 4.78 is 0. The van der Waals surface area contributed by atoms with Crippen molar-refractivity contribution >= 4 is 23.6 Å². The maximum absolute atomic E-state index is 12.4. The number of aliphatic hydroxyl groups excluding tert-OH is 1. The van der Waals surface area contributed by atoms with Crippen LogP contribution in [-0.2, 0) is 19.2 Å². The summed E-state index contributed by atoms with van der Waals surface area (Å²) in [6.45, 7) is 2.93. The van der Waals surface area contributed by atoms with Crippen LogP contribution in [0.25, 0.3) is 0 Å². The van der Waals surface area contributed by atoms with Gasteiger partial charge in [0.2, 0.25) is 23.6 Å². The van der Waals surface area contributed by atoms with Gasteiger partial charge in [-0.05, 0) is 19.8 Å². The molecular formula is C13H20N4O5. The Morgan fingerprint density at radius 2 is 2.14 bits per heavy atom. The van der Waals surface area contributed by atoms with Crippen LogP contribution in [0.1, 0.15) is 26.7 Å². The minimum atomic E-state index is -1.24. The number of carbonyl (C=O) groups is 4. The molecule has 5 N–H and O–H groups in total. The van der Waals surface area contributed by atoms with Crippen molar-refractivity contribution in [3.8, 4) is 0 Å². The minimum absolute atomic E-state index is 0.278. The standard InChI is InChI=1S/C13H20N4O5/c1-6(18)9(10(14)20)16-11(21)8-3-4-13(5-15-12(13)22)17(8)7(2)19/h6,8-9,18H,3-5H2,1-2H3,(H2,14,20)(H,15,22)(H,16,21)/t6-,8?,9+,13?/m1/s1. The van der Waals surface area contributed by atoms with Crippen molar-refractivity contribution in [3.63, 3.8) is 0 Å². The molecule has 4 atom stereocenters. The smallest absolute Gasteiger partial charge is 0.247 e. The molecule has 0 aromatic heterocycles. The van der Waals surface area contributed by atoms with Crippen molar-refractivity contribution in [2.45, 2.75) is 50.4 Å². The number of rotatable bonds is 4. The second-order valence-corrected chi connectivity index (χ2v) is 5.79. The predicted octanol–water partition coefficient (Wildman–Crippen LogP) is -2.78. The lowest BCUT2D eigenvalue weighted by molar-refractivity contribution is -0.155. The first-order valence-corrected chi connectivity index (χ1v) is 7.06. The maximum Gasteiger partial charge on any atom is 0.247 e.